The van der Waals surface area contributed by atoms with E-state index in [0.29, 0.717) is 25.3 Å². The summed E-state index contributed by atoms with van der Waals surface area (Å²) in [4.78, 5) is 0. The first kappa shape index (κ1) is 22.6. The van der Waals surface area contributed by atoms with Gasteiger partial charge in [0.15, 0.2) is 0 Å². The molecule has 28 heavy (non-hydrogen) atoms. The molecule has 0 bridgehead atoms. The average molecular weight is 405 g/mol. The second-order valence-corrected chi connectivity index (χ2v) is 8.50. The monoisotopic (exact) mass is 405 g/mol. The number of hydrogen-bond donors (Lipinski definition) is 0. The molecular weight excluding hydrogens is 373 g/mol. The molecule has 0 saturated heterocycles. The smallest absolute Gasteiger partial charge is 0.259 e. The minimum atomic E-state index is -1.20. The highest BCUT2D eigenvalue weighted by molar-refractivity contribution is 7.44. The summed E-state index contributed by atoms with van der Waals surface area (Å²) in [5.41, 5.74) is 2.18. The Kier molecular flexibility index (Phi) is 9.20. The van der Waals surface area contributed by atoms with E-state index in [-0.39, 0.29) is 0 Å². The maximum atomic E-state index is 6.26. The second kappa shape index (κ2) is 11.4. The van der Waals surface area contributed by atoms with Crippen LogP contribution >= 0.6 is 8.53 Å². The molecule has 0 amide bonds. The van der Waals surface area contributed by atoms with Crippen LogP contribution in [0.5, 0.6) is 11.5 Å². The first-order chi connectivity index (χ1) is 13.4. The zero-order valence-electron chi connectivity index (χ0n) is 17.7. The summed E-state index contributed by atoms with van der Waals surface area (Å²) < 4.78 is 25.2. The minimum Gasteiger partial charge on any atom is -0.497 e. The van der Waals surface area contributed by atoms with Crippen molar-refractivity contribution in [1.82, 2.24) is 4.67 Å². The third kappa shape index (κ3) is 6.75. The normalized spacial score (nSPS) is 11.6. The van der Waals surface area contributed by atoms with Crippen molar-refractivity contribution in [1.29, 1.82) is 0 Å². The lowest BCUT2D eigenvalue weighted by Crippen LogP contribution is -2.33. The zero-order valence-corrected chi connectivity index (χ0v) is 18.6. The molecule has 2 rings (SSSR count). The van der Waals surface area contributed by atoms with Gasteiger partial charge in [0, 0.05) is 12.1 Å². The van der Waals surface area contributed by atoms with E-state index in [2.05, 4.69) is 32.4 Å². The van der Waals surface area contributed by atoms with Crippen molar-refractivity contribution in [2.24, 2.45) is 0 Å². The van der Waals surface area contributed by atoms with Gasteiger partial charge in [-0.3, -0.25) is 0 Å². The van der Waals surface area contributed by atoms with Gasteiger partial charge in [-0.25, -0.2) is 4.67 Å². The SMILES string of the molecule is COc1ccc(COP(OCc2ccc(OC)cc2)N(C(C)C)C(C)C)cc1. The number of ether oxygens (including phenoxy) is 2. The summed E-state index contributed by atoms with van der Waals surface area (Å²) in [5, 5.41) is 0. The van der Waals surface area contributed by atoms with E-state index in [4.69, 9.17) is 18.5 Å². The summed E-state index contributed by atoms with van der Waals surface area (Å²) in [7, 11) is 2.13. The molecule has 6 heteroatoms. The van der Waals surface area contributed by atoms with Gasteiger partial charge in [-0.1, -0.05) is 24.3 Å². The molecular formula is C22H32NO4P. The Morgan fingerprint density at radius 1 is 0.679 bits per heavy atom. The Balaban J connectivity index is 2.06. The van der Waals surface area contributed by atoms with Crippen molar-refractivity contribution in [2.45, 2.75) is 53.0 Å². The van der Waals surface area contributed by atoms with E-state index in [1.165, 1.54) is 0 Å². The number of hydrogen-bond acceptors (Lipinski definition) is 5. The molecule has 0 saturated carbocycles. The number of rotatable bonds is 11. The highest BCUT2D eigenvalue weighted by Crippen LogP contribution is 2.47. The van der Waals surface area contributed by atoms with E-state index in [1.54, 1.807) is 14.2 Å². The van der Waals surface area contributed by atoms with Gasteiger partial charge < -0.3 is 18.5 Å². The van der Waals surface area contributed by atoms with Crippen molar-refractivity contribution in [2.75, 3.05) is 14.2 Å². The maximum absolute atomic E-state index is 6.26. The fourth-order valence-electron chi connectivity index (χ4n) is 2.85. The van der Waals surface area contributed by atoms with Crippen molar-refractivity contribution in [3.05, 3.63) is 59.7 Å². The molecule has 154 valence electrons. The van der Waals surface area contributed by atoms with Crippen LogP contribution in [0.2, 0.25) is 0 Å². The predicted molar refractivity (Wildman–Crippen MR) is 115 cm³/mol. The molecule has 0 unspecified atom stereocenters. The third-order valence-corrected chi connectivity index (χ3v) is 6.25. The Labute approximate surface area is 170 Å². The molecule has 0 atom stereocenters. The number of nitrogens with zero attached hydrogens (tertiary/aromatic N) is 1. The van der Waals surface area contributed by atoms with Crippen molar-refractivity contribution < 1.29 is 18.5 Å². The molecule has 5 nitrogen and oxygen atoms in total. The van der Waals surface area contributed by atoms with Crippen LogP contribution in [0.4, 0.5) is 0 Å². The Bertz CT molecular complexity index is 629. The molecule has 0 spiro atoms. The van der Waals surface area contributed by atoms with Gasteiger partial charge in [-0.15, -0.1) is 0 Å². The van der Waals surface area contributed by atoms with E-state index >= 15 is 0 Å². The van der Waals surface area contributed by atoms with Crippen LogP contribution in [0.25, 0.3) is 0 Å². The van der Waals surface area contributed by atoms with Gasteiger partial charge in [-0.05, 0) is 63.1 Å². The molecule has 0 aliphatic carbocycles. The van der Waals surface area contributed by atoms with E-state index < -0.39 is 8.53 Å². The highest BCUT2D eigenvalue weighted by Gasteiger charge is 2.27. The number of benzene rings is 2. The molecule has 0 aromatic heterocycles. The van der Waals surface area contributed by atoms with Crippen LogP contribution in [0.3, 0.4) is 0 Å². The molecule has 0 fully saturated rings. The van der Waals surface area contributed by atoms with E-state index in [9.17, 15) is 0 Å². The topological polar surface area (TPSA) is 40.2 Å². The summed E-state index contributed by atoms with van der Waals surface area (Å²) in [6.07, 6.45) is 0. The van der Waals surface area contributed by atoms with Crippen LogP contribution < -0.4 is 9.47 Å². The van der Waals surface area contributed by atoms with Gasteiger partial charge in [0.25, 0.3) is 8.53 Å². The van der Waals surface area contributed by atoms with Gasteiger partial charge in [0.2, 0.25) is 0 Å². The lowest BCUT2D eigenvalue weighted by Gasteiger charge is -2.35. The standard InChI is InChI=1S/C22H32NO4P/c1-17(2)23(18(3)4)28(26-15-19-7-11-21(24-5)12-8-19)27-16-20-9-13-22(25-6)14-10-20/h7-14,17-18H,15-16H2,1-6H3. The zero-order chi connectivity index (χ0) is 20.5. The highest BCUT2D eigenvalue weighted by atomic mass is 31.2. The maximum Gasteiger partial charge on any atom is 0.259 e. The Hall–Kier alpha value is -1.65. The first-order valence-electron chi connectivity index (χ1n) is 9.54. The van der Waals surface area contributed by atoms with Crippen molar-refractivity contribution in [3.8, 4) is 11.5 Å². The van der Waals surface area contributed by atoms with Gasteiger partial charge in [0.1, 0.15) is 11.5 Å². The summed E-state index contributed by atoms with van der Waals surface area (Å²) >= 11 is 0. The minimum absolute atomic E-state index is 0.317. The van der Waals surface area contributed by atoms with Crippen molar-refractivity contribution in [3.63, 3.8) is 0 Å². The van der Waals surface area contributed by atoms with E-state index in [0.717, 1.165) is 22.6 Å². The van der Waals surface area contributed by atoms with Crippen LogP contribution in [0, 0.1) is 0 Å². The van der Waals surface area contributed by atoms with Gasteiger partial charge >= 0.3 is 0 Å². The van der Waals surface area contributed by atoms with Gasteiger partial charge in [-0.2, -0.15) is 0 Å². The van der Waals surface area contributed by atoms with Crippen LogP contribution in [-0.2, 0) is 22.3 Å². The van der Waals surface area contributed by atoms with Crippen LogP contribution in [-0.4, -0.2) is 31.0 Å². The molecule has 2 aromatic carbocycles. The summed E-state index contributed by atoms with van der Waals surface area (Å²) in [6.45, 7) is 9.67. The van der Waals surface area contributed by atoms with Crippen LogP contribution in [0.15, 0.2) is 48.5 Å². The lowest BCUT2D eigenvalue weighted by atomic mass is 10.2. The Morgan fingerprint density at radius 2 is 1.04 bits per heavy atom. The first-order valence-corrected chi connectivity index (χ1v) is 10.7. The summed E-state index contributed by atoms with van der Waals surface area (Å²) in [5.74, 6) is 1.68. The molecule has 0 N–H and O–H groups in total. The van der Waals surface area contributed by atoms with Gasteiger partial charge in [0.05, 0.1) is 27.4 Å². The summed E-state index contributed by atoms with van der Waals surface area (Å²) in [6, 6.07) is 16.5. The predicted octanol–water partition coefficient (Wildman–Crippen LogP) is 5.78. The molecule has 0 heterocycles. The fraction of sp³-hybridized carbons (Fsp3) is 0.455. The fourth-order valence-corrected chi connectivity index (χ4v) is 4.46. The third-order valence-electron chi connectivity index (χ3n) is 4.25. The second-order valence-electron chi connectivity index (χ2n) is 7.05. The largest absolute Gasteiger partial charge is 0.497 e. The Morgan fingerprint density at radius 3 is 1.32 bits per heavy atom. The molecule has 0 aliphatic rings. The van der Waals surface area contributed by atoms with Crippen molar-refractivity contribution >= 4 is 8.53 Å². The lowest BCUT2D eigenvalue weighted by molar-refractivity contribution is 0.164. The molecule has 0 radical (unpaired) electrons. The molecule has 2 aromatic rings. The van der Waals surface area contributed by atoms with Crippen LogP contribution in [0.1, 0.15) is 38.8 Å². The quantitative estimate of drug-likeness (QED) is 0.443. The average Bonchev–Trinajstić information content (AvgIpc) is 2.70. The molecule has 0 aliphatic heterocycles. The number of methoxy groups -OCH3 is 2. The van der Waals surface area contributed by atoms with E-state index in [1.807, 2.05) is 48.5 Å².